The Morgan fingerprint density at radius 1 is 1.21 bits per heavy atom. The van der Waals surface area contributed by atoms with Crippen LogP contribution in [0.25, 0.3) is 0 Å². The van der Waals surface area contributed by atoms with Gasteiger partial charge in [-0.05, 0) is 23.8 Å². The molecule has 0 bridgehead atoms. The molecule has 0 atom stereocenters. The number of hydrogen-bond donors (Lipinski definition) is 1. The molecule has 2 rings (SSSR count). The minimum absolute atomic E-state index is 0.0384. The van der Waals surface area contributed by atoms with Crippen LogP contribution >= 0.6 is 0 Å². The highest BCUT2D eigenvalue weighted by Crippen LogP contribution is 2.15. The van der Waals surface area contributed by atoms with Crippen molar-refractivity contribution in [1.82, 2.24) is 14.9 Å². The van der Waals surface area contributed by atoms with Crippen LogP contribution in [0.2, 0.25) is 0 Å². The summed E-state index contributed by atoms with van der Waals surface area (Å²) in [6, 6.07) is 5.52. The van der Waals surface area contributed by atoms with Crippen molar-refractivity contribution >= 4 is 11.6 Å². The van der Waals surface area contributed by atoms with E-state index in [2.05, 4.69) is 15.3 Å². The highest BCUT2D eigenvalue weighted by atomic mass is 16.2. The fraction of sp³-hybridized carbons (Fsp3) is 0.214. The number of nitrogens with zero attached hydrogens (tertiary/aromatic N) is 3. The van der Waals surface area contributed by atoms with Crippen LogP contribution in [0.5, 0.6) is 0 Å². The molecule has 0 saturated carbocycles. The van der Waals surface area contributed by atoms with Gasteiger partial charge in [-0.25, -0.2) is 0 Å². The molecule has 19 heavy (non-hydrogen) atoms. The standard InChI is InChI=1S/C14H16N4O/c1-15-13-9-17-8-5-12(13)14(19)18(2)10-11-3-6-16-7-4-11/h3-9,15H,10H2,1-2H3. The van der Waals surface area contributed by atoms with E-state index in [1.165, 1.54) is 0 Å². The molecule has 2 aromatic rings. The Kier molecular flexibility index (Phi) is 4.07. The van der Waals surface area contributed by atoms with Crippen LogP contribution in [0.15, 0.2) is 43.0 Å². The maximum Gasteiger partial charge on any atom is 0.256 e. The average molecular weight is 256 g/mol. The first-order chi connectivity index (χ1) is 9.22. The molecule has 0 radical (unpaired) electrons. The fourth-order valence-electron chi connectivity index (χ4n) is 1.82. The Morgan fingerprint density at radius 2 is 1.89 bits per heavy atom. The molecule has 0 aliphatic carbocycles. The molecule has 0 fully saturated rings. The SMILES string of the molecule is CNc1cnccc1C(=O)N(C)Cc1ccncc1. The lowest BCUT2D eigenvalue weighted by Crippen LogP contribution is -2.27. The summed E-state index contributed by atoms with van der Waals surface area (Å²) < 4.78 is 0. The number of nitrogens with one attached hydrogen (secondary N) is 1. The average Bonchev–Trinajstić information content (AvgIpc) is 2.47. The summed E-state index contributed by atoms with van der Waals surface area (Å²) in [7, 11) is 3.55. The lowest BCUT2D eigenvalue weighted by Gasteiger charge is -2.18. The minimum Gasteiger partial charge on any atom is -0.386 e. The zero-order valence-corrected chi connectivity index (χ0v) is 11.0. The molecular formula is C14H16N4O. The quantitative estimate of drug-likeness (QED) is 0.906. The van der Waals surface area contributed by atoms with Gasteiger partial charge in [0.1, 0.15) is 0 Å². The number of carbonyl (C=O) groups excluding carboxylic acids is 1. The molecule has 2 heterocycles. The summed E-state index contributed by atoms with van der Waals surface area (Å²) in [5.41, 5.74) is 2.40. The van der Waals surface area contributed by atoms with Gasteiger partial charge in [0.05, 0.1) is 17.4 Å². The summed E-state index contributed by atoms with van der Waals surface area (Å²) >= 11 is 0. The molecule has 1 N–H and O–H groups in total. The third kappa shape index (κ3) is 3.07. The summed E-state index contributed by atoms with van der Waals surface area (Å²) in [4.78, 5) is 22.0. The molecule has 0 aliphatic heterocycles. The van der Waals surface area contributed by atoms with Crippen molar-refractivity contribution in [3.05, 3.63) is 54.1 Å². The van der Waals surface area contributed by atoms with Crippen LogP contribution in [0.3, 0.4) is 0 Å². The Hall–Kier alpha value is -2.43. The van der Waals surface area contributed by atoms with Crippen LogP contribution in [0.4, 0.5) is 5.69 Å². The second-order valence-corrected chi connectivity index (χ2v) is 4.19. The van der Waals surface area contributed by atoms with Crippen molar-refractivity contribution in [3.8, 4) is 0 Å². The third-order valence-corrected chi connectivity index (χ3v) is 2.84. The first kappa shape index (κ1) is 13.0. The van der Waals surface area contributed by atoms with Gasteiger partial charge in [0, 0.05) is 39.2 Å². The van der Waals surface area contributed by atoms with Crippen LogP contribution in [0, 0.1) is 0 Å². The first-order valence-electron chi connectivity index (χ1n) is 5.98. The van der Waals surface area contributed by atoms with Gasteiger partial charge in [0.25, 0.3) is 5.91 Å². The molecule has 0 unspecified atom stereocenters. The number of anilines is 1. The predicted molar refractivity (Wildman–Crippen MR) is 73.8 cm³/mol. The van der Waals surface area contributed by atoms with Crippen molar-refractivity contribution in [3.63, 3.8) is 0 Å². The molecule has 5 heteroatoms. The van der Waals surface area contributed by atoms with Crippen molar-refractivity contribution in [2.45, 2.75) is 6.54 Å². The summed E-state index contributed by atoms with van der Waals surface area (Å²) in [5, 5.41) is 2.98. The number of rotatable bonds is 4. The van der Waals surface area contributed by atoms with Gasteiger partial charge in [0.15, 0.2) is 0 Å². The highest BCUT2D eigenvalue weighted by Gasteiger charge is 2.15. The lowest BCUT2D eigenvalue weighted by molar-refractivity contribution is 0.0786. The zero-order chi connectivity index (χ0) is 13.7. The van der Waals surface area contributed by atoms with Crippen LogP contribution in [-0.4, -0.2) is 34.9 Å². The van der Waals surface area contributed by atoms with Crippen molar-refractivity contribution < 1.29 is 4.79 Å². The van der Waals surface area contributed by atoms with E-state index in [9.17, 15) is 4.79 Å². The highest BCUT2D eigenvalue weighted by molar-refractivity contribution is 5.99. The van der Waals surface area contributed by atoms with Crippen LogP contribution in [0.1, 0.15) is 15.9 Å². The van der Waals surface area contributed by atoms with E-state index in [-0.39, 0.29) is 5.91 Å². The van der Waals surface area contributed by atoms with Crippen molar-refractivity contribution in [2.24, 2.45) is 0 Å². The first-order valence-corrected chi connectivity index (χ1v) is 5.98. The lowest BCUT2D eigenvalue weighted by atomic mass is 10.2. The van der Waals surface area contributed by atoms with Crippen molar-refractivity contribution in [1.29, 1.82) is 0 Å². The summed E-state index contributed by atoms with van der Waals surface area (Å²) in [5.74, 6) is -0.0384. The molecule has 0 aliphatic rings. The van der Waals surface area contributed by atoms with E-state index in [1.807, 2.05) is 12.1 Å². The summed E-state index contributed by atoms with van der Waals surface area (Å²) in [6.07, 6.45) is 6.71. The maximum atomic E-state index is 12.4. The molecule has 0 saturated heterocycles. The van der Waals surface area contributed by atoms with Gasteiger partial charge in [-0.3, -0.25) is 14.8 Å². The van der Waals surface area contributed by atoms with E-state index in [1.54, 1.807) is 49.8 Å². The molecule has 98 valence electrons. The zero-order valence-electron chi connectivity index (χ0n) is 11.0. The van der Waals surface area contributed by atoms with Gasteiger partial charge in [-0.15, -0.1) is 0 Å². The second-order valence-electron chi connectivity index (χ2n) is 4.19. The Labute approximate surface area is 112 Å². The van der Waals surface area contributed by atoms with E-state index in [4.69, 9.17) is 0 Å². The van der Waals surface area contributed by atoms with E-state index >= 15 is 0 Å². The molecule has 5 nitrogen and oxygen atoms in total. The van der Waals surface area contributed by atoms with Gasteiger partial charge in [-0.1, -0.05) is 0 Å². The largest absolute Gasteiger partial charge is 0.386 e. The van der Waals surface area contributed by atoms with Gasteiger partial charge < -0.3 is 10.2 Å². The molecule has 0 spiro atoms. The van der Waals surface area contributed by atoms with E-state index < -0.39 is 0 Å². The molecule has 2 aromatic heterocycles. The van der Waals surface area contributed by atoms with E-state index in [0.717, 1.165) is 11.3 Å². The number of hydrogen-bond acceptors (Lipinski definition) is 4. The van der Waals surface area contributed by atoms with Gasteiger partial charge in [0.2, 0.25) is 0 Å². The summed E-state index contributed by atoms with van der Waals surface area (Å²) in [6.45, 7) is 0.548. The van der Waals surface area contributed by atoms with Crippen molar-refractivity contribution in [2.75, 3.05) is 19.4 Å². The topological polar surface area (TPSA) is 58.1 Å². The van der Waals surface area contributed by atoms with Crippen LogP contribution < -0.4 is 5.32 Å². The minimum atomic E-state index is -0.0384. The Morgan fingerprint density at radius 3 is 2.58 bits per heavy atom. The van der Waals surface area contributed by atoms with Crippen LogP contribution in [-0.2, 0) is 6.54 Å². The monoisotopic (exact) mass is 256 g/mol. The molecule has 1 amide bonds. The molecule has 0 aromatic carbocycles. The number of pyridine rings is 2. The fourth-order valence-corrected chi connectivity index (χ4v) is 1.82. The maximum absolute atomic E-state index is 12.4. The number of amides is 1. The van der Waals surface area contributed by atoms with Gasteiger partial charge in [-0.2, -0.15) is 0 Å². The third-order valence-electron chi connectivity index (χ3n) is 2.84. The number of carbonyl (C=O) groups is 1. The Balaban J connectivity index is 2.15. The molecular weight excluding hydrogens is 240 g/mol. The number of aromatic nitrogens is 2. The second kappa shape index (κ2) is 5.95. The normalized spacial score (nSPS) is 10.0. The van der Waals surface area contributed by atoms with Gasteiger partial charge >= 0.3 is 0 Å². The van der Waals surface area contributed by atoms with E-state index in [0.29, 0.717) is 12.1 Å². The predicted octanol–water partition coefficient (Wildman–Crippen LogP) is 1.79. The Bertz CT molecular complexity index is 556. The smallest absolute Gasteiger partial charge is 0.256 e.